The number of amides is 1. The number of nitrogens with one attached hydrogen (secondary N) is 2. The van der Waals surface area contributed by atoms with Crippen LogP contribution in [0.3, 0.4) is 0 Å². The molecule has 1 atom stereocenters. The molecule has 0 radical (unpaired) electrons. The van der Waals surface area contributed by atoms with E-state index < -0.39 is 17.0 Å². The summed E-state index contributed by atoms with van der Waals surface area (Å²) >= 11 is 0. The largest absolute Gasteiger partial charge is 0.325 e. The maximum absolute atomic E-state index is 13.0. The lowest BCUT2D eigenvalue weighted by Gasteiger charge is -2.25. The third-order valence-corrected chi connectivity index (χ3v) is 3.52. The van der Waals surface area contributed by atoms with Crippen molar-refractivity contribution in [3.8, 4) is 0 Å². The summed E-state index contributed by atoms with van der Waals surface area (Å²) in [4.78, 5) is 12.2. The van der Waals surface area contributed by atoms with E-state index in [1.54, 1.807) is 0 Å². The topological polar surface area (TPSA) is 41.1 Å². The molecule has 5 heteroatoms. The van der Waals surface area contributed by atoms with Crippen LogP contribution in [0.4, 0.5) is 14.5 Å². The van der Waals surface area contributed by atoms with Crippen LogP contribution in [0, 0.1) is 17.0 Å². The Morgan fingerprint density at radius 1 is 1.39 bits per heavy atom. The number of benzene rings is 1. The Balaban J connectivity index is 2.15. The molecule has 1 saturated heterocycles. The van der Waals surface area contributed by atoms with Crippen LogP contribution in [0.2, 0.25) is 0 Å². The number of carbonyl (C=O) groups is 1. The molecule has 1 aliphatic rings. The van der Waals surface area contributed by atoms with Gasteiger partial charge in [0.1, 0.15) is 11.6 Å². The van der Waals surface area contributed by atoms with Crippen molar-refractivity contribution in [2.24, 2.45) is 5.41 Å². The summed E-state index contributed by atoms with van der Waals surface area (Å²) in [5.74, 6) is -1.57. The first kappa shape index (κ1) is 13.0. The fraction of sp³-hybridized carbons (Fsp3) is 0.462. The van der Waals surface area contributed by atoms with Gasteiger partial charge in [-0.15, -0.1) is 0 Å². The third-order valence-electron chi connectivity index (χ3n) is 3.52. The fourth-order valence-electron chi connectivity index (χ4n) is 2.29. The van der Waals surface area contributed by atoms with E-state index in [1.807, 2.05) is 6.92 Å². The van der Waals surface area contributed by atoms with E-state index in [0.29, 0.717) is 13.0 Å². The minimum Gasteiger partial charge on any atom is -0.325 e. The molecule has 2 N–H and O–H groups in total. The lowest BCUT2D eigenvalue weighted by atomic mass is 9.83. The quantitative estimate of drug-likeness (QED) is 0.869. The average Bonchev–Trinajstić information content (AvgIpc) is 2.77. The van der Waals surface area contributed by atoms with Crippen molar-refractivity contribution < 1.29 is 13.6 Å². The van der Waals surface area contributed by atoms with E-state index >= 15 is 0 Å². The van der Waals surface area contributed by atoms with Crippen molar-refractivity contribution in [1.82, 2.24) is 5.32 Å². The Kier molecular flexibility index (Phi) is 3.61. The summed E-state index contributed by atoms with van der Waals surface area (Å²) in [6.45, 7) is 3.34. The van der Waals surface area contributed by atoms with Crippen molar-refractivity contribution >= 4 is 11.6 Å². The highest BCUT2D eigenvalue weighted by Gasteiger charge is 2.39. The van der Waals surface area contributed by atoms with Crippen LogP contribution < -0.4 is 10.6 Å². The second kappa shape index (κ2) is 5.02. The van der Waals surface area contributed by atoms with Gasteiger partial charge in [0.05, 0.1) is 5.41 Å². The van der Waals surface area contributed by atoms with Crippen LogP contribution in [0.15, 0.2) is 18.2 Å². The van der Waals surface area contributed by atoms with Gasteiger partial charge in [0, 0.05) is 18.3 Å². The highest BCUT2D eigenvalue weighted by atomic mass is 19.1. The van der Waals surface area contributed by atoms with Gasteiger partial charge in [-0.25, -0.2) is 8.78 Å². The Morgan fingerprint density at radius 2 is 2.06 bits per heavy atom. The summed E-state index contributed by atoms with van der Waals surface area (Å²) in [7, 11) is 0. The predicted octanol–water partition coefficient (Wildman–Crippen LogP) is 2.29. The van der Waals surface area contributed by atoms with E-state index in [1.165, 1.54) is 0 Å². The fourth-order valence-corrected chi connectivity index (χ4v) is 2.29. The second-order valence-electron chi connectivity index (χ2n) is 4.67. The summed E-state index contributed by atoms with van der Waals surface area (Å²) in [5.41, 5.74) is -0.305. The summed E-state index contributed by atoms with van der Waals surface area (Å²) < 4.78 is 26.1. The zero-order valence-corrected chi connectivity index (χ0v) is 10.2. The van der Waals surface area contributed by atoms with Gasteiger partial charge in [0.2, 0.25) is 5.91 Å². The van der Waals surface area contributed by atoms with Gasteiger partial charge in [-0.1, -0.05) is 6.92 Å². The zero-order chi connectivity index (χ0) is 13.2. The molecule has 0 aromatic heterocycles. The Labute approximate surface area is 105 Å². The van der Waals surface area contributed by atoms with E-state index in [9.17, 15) is 13.6 Å². The Morgan fingerprint density at radius 3 is 2.56 bits per heavy atom. The molecule has 1 aromatic rings. The van der Waals surface area contributed by atoms with E-state index in [-0.39, 0.29) is 11.6 Å². The van der Waals surface area contributed by atoms with Crippen LogP contribution >= 0.6 is 0 Å². The number of carbonyl (C=O) groups excluding carboxylic acids is 1. The zero-order valence-electron chi connectivity index (χ0n) is 10.2. The number of anilines is 1. The van der Waals surface area contributed by atoms with E-state index in [0.717, 1.165) is 31.2 Å². The van der Waals surface area contributed by atoms with Crippen LogP contribution in [0.25, 0.3) is 0 Å². The first-order chi connectivity index (χ1) is 8.55. The van der Waals surface area contributed by atoms with Crippen molar-refractivity contribution in [1.29, 1.82) is 0 Å². The van der Waals surface area contributed by atoms with Gasteiger partial charge in [0.15, 0.2) is 0 Å². The molecule has 1 aliphatic heterocycles. The van der Waals surface area contributed by atoms with Crippen LogP contribution in [-0.2, 0) is 4.79 Å². The molecular formula is C13H16F2N2O. The third kappa shape index (κ3) is 2.51. The molecule has 3 nitrogen and oxygen atoms in total. The predicted molar refractivity (Wildman–Crippen MR) is 65.2 cm³/mol. The van der Waals surface area contributed by atoms with Gasteiger partial charge in [-0.05, 0) is 31.5 Å². The maximum atomic E-state index is 13.0. The van der Waals surface area contributed by atoms with E-state index in [2.05, 4.69) is 10.6 Å². The van der Waals surface area contributed by atoms with Gasteiger partial charge in [-0.3, -0.25) is 4.79 Å². The minimum absolute atomic E-state index is 0.164. The number of hydrogen-bond acceptors (Lipinski definition) is 2. The smallest absolute Gasteiger partial charge is 0.231 e. The normalized spacial score (nSPS) is 23.1. The molecule has 0 aliphatic carbocycles. The van der Waals surface area contributed by atoms with Gasteiger partial charge < -0.3 is 10.6 Å². The summed E-state index contributed by atoms with van der Waals surface area (Å²) in [6.07, 6.45) is 1.44. The highest BCUT2D eigenvalue weighted by Crippen LogP contribution is 2.31. The van der Waals surface area contributed by atoms with Gasteiger partial charge in [0.25, 0.3) is 0 Å². The Bertz CT molecular complexity index is 436. The van der Waals surface area contributed by atoms with Crippen molar-refractivity contribution in [2.45, 2.75) is 19.8 Å². The molecule has 2 rings (SSSR count). The van der Waals surface area contributed by atoms with Crippen molar-refractivity contribution in [3.05, 3.63) is 29.8 Å². The van der Waals surface area contributed by atoms with Crippen molar-refractivity contribution in [3.63, 3.8) is 0 Å². The lowest BCUT2D eigenvalue weighted by Crippen LogP contribution is -2.37. The number of hydrogen-bond donors (Lipinski definition) is 2. The van der Waals surface area contributed by atoms with Gasteiger partial charge >= 0.3 is 0 Å². The molecule has 1 aromatic carbocycles. The van der Waals surface area contributed by atoms with Crippen LogP contribution in [-0.4, -0.2) is 19.0 Å². The van der Waals surface area contributed by atoms with Crippen LogP contribution in [0.1, 0.15) is 19.8 Å². The molecule has 0 spiro atoms. The standard InChI is InChI=1S/C13H16F2N2O/c1-2-13(3-4-16-8-13)12(18)17-11-6-9(14)5-10(15)7-11/h5-7,16H,2-4,8H2,1H3,(H,17,18). The number of halogens is 2. The molecule has 1 amide bonds. The first-order valence-corrected chi connectivity index (χ1v) is 6.04. The molecule has 0 saturated carbocycles. The molecule has 0 bridgehead atoms. The van der Waals surface area contributed by atoms with Gasteiger partial charge in [-0.2, -0.15) is 0 Å². The average molecular weight is 254 g/mol. The van der Waals surface area contributed by atoms with Crippen LogP contribution in [0.5, 0.6) is 0 Å². The lowest BCUT2D eigenvalue weighted by molar-refractivity contribution is -0.124. The SMILES string of the molecule is CCC1(C(=O)Nc2cc(F)cc(F)c2)CCNC1. The maximum Gasteiger partial charge on any atom is 0.231 e. The molecular weight excluding hydrogens is 238 g/mol. The highest BCUT2D eigenvalue weighted by molar-refractivity contribution is 5.95. The van der Waals surface area contributed by atoms with Crippen molar-refractivity contribution in [2.75, 3.05) is 18.4 Å². The first-order valence-electron chi connectivity index (χ1n) is 6.04. The summed E-state index contributed by atoms with van der Waals surface area (Å²) in [6, 6.07) is 3.02. The monoisotopic (exact) mass is 254 g/mol. The van der Waals surface area contributed by atoms with E-state index in [4.69, 9.17) is 0 Å². The molecule has 18 heavy (non-hydrogen) atoms. The Hall–Kier alpha value is -1.49. The molecule has 1 unspecified atom stereocenters. The summed E-state index contributed by atoms with van der Waals surface area (Å²) in [5, 5.41) is 5.74. The number of rotatable bonds is 3. The molecule has 1 fully saturated rings. The minimum atomic E-state index is -0.694. The second-order valence-corrected chi connectivity index (χ2v) is 4.67. The molecule has 1 heterocycles. The molecule has 98 valence electrons.